The van der Waals surface area contributed by atoms with Crippen LogP contribution < -0.4 is 0 Å². The first-order chi connectivity index (χ1) is 10.5. The number of carbonyl (C=O) groups is 1. The van der Waals surface area contributed by atoms with Crippen LogP contribution in [0, 0.1) is 17.8 Å². The molecule has 2 rings (SSSR count). The number of rotatable bonds is 3. The fourth-order valence-electron chi connectivity index (χ4n) is 1.87. The van der Waals surface area contributed by atoms with Crippen molar-refractivity contribution in [3.8, 4) is 11.8 Å². The van der Waals surface area contributed by atoms with Crippen LogP contribution in [0.15, 0.2) is 60.7 Å². The molecule has 4 heteroatoms. The first-order valence-corrected chi connectivity index (χ1v) is 6.68. The van der Waals surface area contributed by atoms with E-state index in [1.807, 2.05) is 0 Å². The lowest BCUT2D eigenvalue weighted by molar-refractivity contribution is -0.157. The van der Waals surface area contributed by atoms with Crippen molar-refractivity contribution in [2.24, 2.45) is 5.92 Å². The van der Waals surface area contributed by atoms with Crippen LogP contribution in [0.1, 0.15) is 22.3 Å². The van der Waals surface area contributed by atoms with Gasteiger partial charge in [0.05, 0.1) is 0 Å². The van der Waals surface area contributed by atoms with Crippen molar-refractivity contribution in [3.63, 3.8) is 0 Å². The summed E-state index contributed by atoms with van der Waals surface area (Å²) in [6, 6.07) is 16.3. The van der Waals surface area contributed by atoms with E-state index in [-0.39, 0.29) is 5.56 Å². The average molecular weight is 302 g/mol. The Hall–Kier alpha value is -2.54. The zero-order valence-corrected chi connectivity index (χ0v) is 11.6. The van der Waals surface area contributed by atoms with Gasteiger partial charge in [-0.3, -0.25) is 4.79 Å². The van der Waals surface area contributed by atoms with Crippen LogP contribution in [0.4, 0.5) is 13.2 Å². The molecule has 0 N–H and O–H groups in total. The van der Waals surface area contributed by atoms with Gasteiger partial charge >= 0.3 is 6.18 Å². The van der Waals surface area contributed by atoms with Crippen LogP contribution in [-0.4, -0.2) is 12.0 Å². The smallest absolute Gasteiger partial charge is 0.294 e. The van der Waals surface area contributed by atoms with E-state index in [9.17, 15) is 18.0 Å². The number of alkyl halides is 3. The predicted octanol–water partition coefficient (Wildman–Crippen LogP) is 4.49. The molecule has 1 atom stereocenters. The van der Waals surface area contributed by atoms with Gasteiger partial charge in [-0.05, 0) is 12.1 Å². The first-order valence-electron chi connectivity index (χ1n) is 6.68. The van der Waals surface area contributed by atoms with E-state index in [2.05, 4.69) is 11.8 Å². The maximum absolute atomic E-state index is 13.0. The van der Waals surface area contributed by atoms with Crippen molar-refractivity contribution < 1.29 is 18.0 Å². The van der Waals surface area contributed by atoms with Crippen molar-refractivity contribution in [2.75, 3.05) is 0 Å². The topological polar surface area (TPSA) is 17.1 Å². The molecule has 2 aromatic carbocycles. The Morgan fingerprint density at radius 3 is 2.05 bits per heavy atom. The Morgan fingerprint density at radius 1 is 0.955 bits per heavy atom. The number of benzene rings is 2. The van der Waals surface area contributed by atoms with Gasteiger partial charge in [0.1, 0.15) is 5.92 Å². The van der Waals surface area contributed by atoms with E-state index < -0.39 is 24.3 Å². The molecule has 0 aliphatic carbocycles. The molecule has 0 aliphatic rings. The van der Waals surface area contributed by atoms with Crippen LogP contribution in [-0.2, 0) is 0 Å². The van der Waals surface area contributed by atoms with E-state index in [1.165, 1.54) is 12.1 Å². The third-order valence-corrected chi connectivity index (χ3v) is 3.04. The minimum Gasteiger partial charge on any atom is -0.294 e. The zero-order valence-electron chi connectivity index (χ0n) is 11.6. The standard InChI is InChI=1S/C18H13F3O/c19-18(20,21)16(12-11-14-7-3-1-4-8-14)13-17(22)15-9-5-2-6-10-15/h1-10,16H,13H2/t16-/m1/s1. The number of hydrogen-bond acceptors (Lipinski definition) is 1. The fourth-order valence-corrected chi connectivity index (χ4v) is 1.87. The molecule has 0 saturated heterocycles. The molecule has 0 aromatic heterocycles. The molecule has 0 saturated carbocycles. The van der Waals surface area contributed by atoms with Crippen molar-refractivity contribution in [2.45, 2.75) is 12.6 Å². The third kappa shape index (κ3) is 4.49. The lowest BCUT2D eigenvalue weighted by atomic mass is 9.97. The normalized spacial score (nSPS) is 12.1. The van der Waals surface area contributed by atoms with Crippen molar-refractivity contribution in [3.05, 3.63) is 71.8 Å². The number of halogens is 3. The summed E-state index contributed by atoms with van der Waals surface area (Å²) in [5.41, 5.74) is 0.752. The zero-order chi connectivity index (χ0) is 16.0. The molecule has 22 heavy (non-hydrogen) atoms. The number of Topliss-reactive ketones (excluding diaryl/α,β-unsaturated/α-hetero) is 1. The minimum atomic E-state index is -4.54. The predicted molar refractivity (Wildman–Crippen MR) is 78.3 cm³/mol. The van der Waals surface area contributed by atoms with Crippen molar-refractivity contribution in [1.29, 1.82) is 0 Å². The van der Waals surface area contributed by atoms with E-state index in [0.29, 0.717) is 5.56 Å². The Balaban J connectivity index is 2.18. The van der Waals surface area contributed by atoms with E-state index in [0.717, 1.165) is 0 Å². The van der Waals surface area contributed by atoms with Crippen LogP contribution in [0.25, 0.3) is 0 Å². The van der Waals surface area contributed by atoms with Crippen molar-refractivity contribution >= 4 is 5.78 Å². The summed E-state index contributed by atoms with van der Waals surface area (Å²) in [6.07, 6.45) is -5.21. The molecule has 0 fully saturated rings. The quantitative estimate of drug-likeness (QED) is 0.603. The molecule has 0 unspecified atom stereocenters. The summed E-state index contributed by atoms with van der Waals surface area (Å²) < 4.78 is 39.1. The lowest BCUT2D eigenvalue weighted by Gasteiger charge is -2.14. The highest BCUT2D eigenvalue weighted by Gasteiger charge is 2.39. The Kier molecular flexibility index (Phi) is 5.00. The van der Waals surface area contributed by atoms with Gasteiger partial charge in [0.25, 0.3) is 0 Å². The van der Waals surface area contributed by atoms with Gasteiger partial charge in [0.15, 0.2) is 5.78 Å². The maximum Gasteiger partial charge on any atom is 0.402 e. The molecular weight excluding hydrogens is 289 g/mol. The Morgan fingerprint density at radius 2 is 1.50 bits per heavy atom. The van der Waals surface area contributed by atoms with Gasteiger partial charge in [-0.1, -0.05) is 60.4 Å². The average Bonchev–Trinajstić information content (AvgIpc) is 2.52. The highest BCUT2D eigenvalue weighted by atomic mass is 19.4. The molecule has 1 nitrogen and oxygen atoms in total. The second-order valence-electron chi connectivity index (χ2n) is 4.72. The molecule has 0 bridgehead atoms. The van der Waals surface area contributed by atoms with Crippen molar-refractivity contribution in [1.82, 2.24) is 0 Å². The summed E-state index contributed by atoms with van der Waals surface area (Å²) in [5, 5.41) is 0. The molecule has 2 aromatic rings. The van der Waals surface area contributed by atoms with E-state index >= 15 is 0 Å². The van der Waals surface area contributed by atoms with Gasteiger partial charge < -0.3 is 0 Å². The van der Waals surface area contributed by atoms with Crippen LogP contribution in [0.3, 0.4) is 0 Å². The lowest BCUT2D eigenvalue weighted by Crippen LogP contribution is -2.24. The monoisotopic (exact) mass is 302 g/mol. The summed E-state index contributed by atoms with van der Waals surface area (Å²) in [6.45, 7) is 0. The SMILES string of the molecule is O=C(C[C@@H](C#Cc1ccccc1)C(F)(F)F)c1ccccc1. The molecule has 112 valence electrons. The third-order valence-electron chi connectivity index (χ3n) is 3.04. The summed E-state index contributed by atoms with van der Waals surface area (Å²) in [7, 11) is 0. The summed E-state index contributed by atoms with van der Waals surface area (Å²) in [5.74, 6) is 2.13. The summed E-state index contributed by atoms with van der Waals surface area (Å²) >= 11 is 0. The molecule has 0 amide bonds. The van der Waals surface area contributed by atoms with Gasteiger partial charge in [-0.25, -0.2) is 0 Å². The number of ketones is 1. The van der Waals surface area contributed by atoms with Crippen LogP contribution in [0.2, 0.25) is 0 Å². The molecule has 0 radical (unpaired) electrons. The molecule has 0 heterocycles. The van der Waals surface area contributed by atoms with Gasteiger partial charge in [-0.15, -0.1) is 0 Å². The molecular formula is C18H13F3O. The fraction of sp³-hybridized carbons (Fsp3) is 0.167. The number of carbonyl (C=O) groups excluding carboxylic acids is 1. The second kappa shape index (κ2) is 6.95. The second-order valence-corrected chi connectivity index (χ2v) is 4.72. The first kappa shape index (κ1) is 15.8. The van der Waals surface area contributed by atoms with Crippen LogP contribution in [0.5, 0.6) is 0 Å². The summed E-state index contributed by atoms with van der Waals surface area (Å²) in [4.78, 5) is 11.9. The highest BCUT2D eigenvalue weighted by Crippen LogP contribution is 2.29. The van der Waals surface area contributed by atoms with Gasteiger partial charge in [0, 0.05) is 17.5 Å². The Bertz CT molecular complexity index is 679. The van der Waals surface area contributed by atoms with Gasteiger partial charge in [-0.2, -0.15) is 13.2 Å². The van der Waals surface area contributed by atoms with Crippen LogP contribution >= 0.6 is 0 Å². The van der Waals surface area contributed by atoms with E-state index in [4.69, 9.17) is 0 Å². The van der Waals surface area contributed by atoms with E-state index in [1.54, 1.807) is 48.5 Å². The molecule has 0 spiro atoms. The minimum absolute atomic E-state index is 0.262. The molecule has 0 aliphatic heterocycles. The maximum atomic E-state index is 13.0. The number of hydrogen-bond donors (Lipinski definition) is 0. The largest absolute Gasteiger partial charge is 0.402 e. The highest BCUT2D eigenvalue weighted by molar-refractivity contribution is 5.96. The Labute approximate surface area is 126 Å². The van der Waals surface area contributed by atoms with Gasteiger partial charge in [0.2, 0.25) is 0 Å².